The van der Waals surface area contributed by atoms with Crippen molar-refractivity contribution in [3.05, 3.63) is 118 Å². The van der Waals surface area contributed by atoms with Gasteiger partial charge in [-0.15, -0.1) is 0 Å². The Balaban J connectivity index is 0.000000199. The van der Waals surface area contributed by atoms with Crippen LogP contribution in [0.4, 0.5) is 44.5 Å². The Bertz CT molecular complexity index is 2720. The zero-order chi connectivity index (χ0) is 52.3. The van der Waals surface area contributed by atoms with E-state index in [1.165, 1.54) is 0 Å². The molecule has 4 heterocycles. The van der Waals surface area contributed by atoms with Crippen molar-refractivity contribution in [1.29, 1.82) is 0 Å². The van der Waals surface area contributed by atoms with Crippen LogP contribution in [-0.2, 0) is 28.5 Å². The van der Waals surface area contributed by atoms with Crippen molar-refractivity contribution in [3.8, 4) is 0 Å². The highest BCUT2D eigenvalue weighted by Crippen LogP contribution is 2.42. The number of amides is 4. The van der Waals surface area contributed by atoms with Gasteiger partial charge in [0, 0.05) is 47.8 Å². The van der Waals surface area contributed by atoms with Gasteiger partial charge in [0.05, 0.1) is 41.1 Å². The molecule has 0 atom stereocenters. The SMILES string of the molecule is CC(C)(C)[Si](C)(C)OC1CCC(Nc2ncc3c(n2)N(Cc2ccccc2)C(=O)N(c2ccccc2Cl)C3)CC1.CC(C)(C)[Si](C)(C)OC1CCC(Nc2ncc3c(n2)NC(=O)N(c2ccccc2Cl)C3)CC1. The number of anilines is 6. The molecule has 2 aromatic heterocycles. The molecular weight excluding hydrogens is 992 g/mol. The fraction of sp³-hybridized carbons (Fsp3) is 0.491. The summed E-state index contributed by atoms with van der Waals surface area (Å²) in [4.78, 5) is 50.3. The van der Waals surface area contributed by atoms with Crippen molar-refractivity contribution in [2.75, 3.05) is 30.7 Å². The van der Waals surface area contributed by atoms with E-state index in [4.69, 9.17) is 37.0 Å². The maximum Gasteiger partial charge on any atom is 0.330 e. The molecule has 0 bridgehead atoms. The maximum atomic E-state index is 13.9. The minimum atomic E-state index is -1.78. The summed E-state index contributed by atoms with van der Waals surface area (Å²) in [6, 6.07) is 24.9. The van der Waals surface area contributed by atoms with Crippen LogP contribution in [0.25, 0.3) is 0 Å². The third-order valence-corrected chi connectivity index (χ3v) is 25.3. The monoisotopic (exact) mass is 1060 g/mol. The molecule has 3 N–H and O–H groups in total. The van der Waals surface area contributed by atoms with Crippen LogP contribution in [0.2, 0.25) is 46.3 Å². The molecular formula is C55H74Cl2N10O4Si2. The maximum absolute atomic E-state index is 13.9. The van der Waals surface area contributed by atoms with Crippen LogP contribution in [-0.4, -0.2) is 72.9 Å². The van der Waals surface area contributed by atoms with Gasteiger partial charge in [0.1, 0.15) is 11.6 Å². The topological polar surface area (TPSA) is 150 Å². The summed E-state index contributed by atoms with van der Waals surface area (Å²) in [5, 5.41) is 11.4. The van der Waals surface area contributed by atoms with Crippen LogP contribution >= 0.6 is 23.2 Å². The van der Waals surface area contributed by atoms with Crippen molar-refractivity contribution in [2.45, 2.75) is 173 Å². The summed E-state index contributed by atoms with van der Waals surface area (Å²) >= 11 is 12.8. The van der Waals surface area contributed by atoms with Crippen molar-refractivity contribution >= 4 is 86.8 Å². The molecule has 4 aliphatic rings. The first kappa shape index (κ1) is 54.2. The van der Waals surface area contributed by atoms with Crippen LogP contribution in [0, 0.1) is 0 Å². The lowest BCUT2D eigenvalue weighted by molar-refractivity contribution is 0.133. The Hall–Kier alpha value is -5.11. The molecule has 0 spiro atoms. The van der Waals surface area contributed by atoms with Gasteiger partial charge in [-0.25, -0.2) is 19.6 Å². The quantitative estimate of drug-likeness (QED) is 0.103. The van der Waals surface area contributed by atoms with Crippen molar-refractivity contribution in [1.82, 2.24) is 19.9 Å². The second-order valence-electron chi connectivity index (χ2n) is 23.0. The van der Waals surface area contributed by atoms with Crippen LogP contribution in [0.15, 0.2) is 91.3 Å². The van der Waals surface area contributed by atoms with Crippen LogP contribution in [0.3, 0.4) is 0 Å². The van der Waals surface area contributed by atoms with Crippen LogP contribution < -0.4 is 30.7 Å². The van der Waals surface area contributed by atoms with E-state index in [-0.39, 0.29) is 28.2 Å². The van der Waals surface area contributed by atoms with Gasteiger partial charge in [0.15, 0.2) is 16.6 Å². The lowest BCUT2D eigenvalue weighted by Crippen LogP contribution is -2.47. The van der Waals surface area contributed by atoms with E-state index in [9.17, 15) is 9.59 Å². The van der Waals surface area contributed by atoms with Crippen LogP contribution in [0.1, 0.15) is 110 Å². The number of hydrogen-bond donors (Lipinski definition) is 3. The number of carbonyl (C=O) groups excluding carboxylic acids is 2. The highest BCUT2D eigenvalue weighted by atomic mass is 35.5. The molecule has 18 heteroatoms. The third kappa shape index (κ3) is 13.1. The molecule has 4 amide bonds. The number of halogens is 2. The predicted octanol–water partition coefficient (Wildman–Crippen LogP) is 14.4. The number of nitrogens with zero attached hydrogens (tertiary/aromatic N) is 7. The number of benzene rings is 3. The highest BCUT2D eigenvalue weighted by Gasteiger charge is 2.42. The van der Waals surface area contributed by atoms with E-state index in [1.807, 2.05) is 72.9 Å². The smallest absolute Gasteiger partial charge is 0.330 e. The van der Waals surface area contributed by atoms with E-state index in [1.54, 1.807) is 33.0 Å². The molecule has 0 radical (unpaired) electrons. The van der Waals surface area contributed by atoms with Gasteiger partial charge in [-0.05, 0) is 117 Å². The second kappa shape index (κ2) is 22.4. The summed E-state index contributed by atoms with van der Waals surface area (Å²) in [6.45, 7) is 24.2. The normalized spacial score (nSPS) is 20.6. The molecule has 73 heavy (non-hydrogen) atoms. The number of carbonyl (C=O) groups is 2. The van der Waals surface area contributed by atoms with E-state index >= 15 is 0 Å². The Morgan fingerprint density at radius 1 is 0.616 bits per heavy atom. The Morgan fingerprint density at radius 3 is 1.58 bits per heavy atom. The van der Waals surface area contributed by atoms with E-state index in [0.717, 1.165) is 68.1 Å². The standard InChI is InChI=1S/C31H40ClN5O2Si.C24H34ClN5O2Si/c1-31(2,3)40(4,5)39-25-17-15-24(16-18-25)34-29-33-19-23-21-36(27-14-10-9-13-26(27)32)30(38)37(28(23)35-29)20-22-11-7-6-8-12-22;1-24(2,3)33(4,5)32-18-12-10-17(11-13-18)27-22-26-14-16-15-30(23(31)29-21(16)28-22)20-9-7-6-8-19(20)25/h6-14,19,24-25H,15-18,20-21H2,1-5H3,(H,33,34,35);6-9,14,17-18H,10-13,15H2,1-5H3,(H2,26,27,28,29,31). The number of rotatable bonds is 12. The van der Waals surface area contributed by atoms with E-state index < -0.39 is 16.6 Å². The number of hydrogen-bond acceptors (Lipinski definition) is 10. The van der Waals surface area contributed by atoms with Crippen LogP contribution in [0.5, 0.6) is 0 Å². The third-order valence-electron chi connectivity index (χ3n) is 15.6. The van der Waals surface area contributed by atoms with E-state index in [2.05, 4.69) is 98.6 Å². The molecule has 2 aliphatic heterocycles. The number of para-hydroxylation sites is 2. The second-order valence-corrected chi connectivity index (χ2v) is 33.3. The molecule has 5 aromatic rings. The average molecular weight is 1070 g/mol. The molecule has 390 valence electrons. The fourth-order valence-electron chi connectivity index (χ4n) is 9.23. The molecule has 0 saturated heterocycles. The summed E-state index contributed by atoms with van der Waals surface area (Å²) in [6.07, 6.45) is 12.5. The molecule has 14 nitrogen and oxygen atoms in total. The minimum absolute atomic E-state index is 0.155. The van der Waals surface area contributed by atoms with Crippen molar-refractivity contribution < 1.29 is 18.4 Å². The first-order valence-corrected chi connectivity index (χ1v) is 32.4. The summed E-state index contributed by atoms with van der Waals surface area (Å²) in [5.41, 5.74) is 4.10. The average Bonchev–Trinajstić information content (AvgIpc) is 3.34. The van der Waals surface area contributed by atoms with E-state index in [0.29, 0.717) is 82.8 Å². The van der Waals surface area contributed by atoms with Gasteiger partial charge < -0.3 is 19.5 Å². The number of nitrogens with one attached hydrogen (secondary N) is 3. The highest BCUT2D eigenvalue weighted by molar-refractivity contribution is 6.74. The summed E-state index contributed by atoms with van der Waals surface area (Å²) < 4.78 is 13.3. The molecule has 3 aromatic carbocycles. The molecule has 2 saturated carbocycles. The number of fused-ring (bicyclic) bond motifs is 2. The zero-order valence-electron chi connectivity index (χ0n) is 44.3. The molecule has 0 unspecified atom stereocenters. The van der Waals surface area contributed by atoms with Gasteiger partial charge in [-0.1, -0.05) is 119 Å². The Kier molecular flexibility index (Phi) is 16.6. The first-order chi connectivity index (χ1) is 34.5. The minimum Gasteiger partial charge on any atom is -0.414 e. The van der Waals surface area contributed by atoms with Gasteiger partial charge >= 0.3 is 12.1 Å². The molecule has 2 aliphatic carbocycles. The summed E-state index contributed by atoms with van der Waals surface area (Å²) in [5.74, 6) is 2.30. The molecule has 9 rings (SSSR count). The first-order valence-electron chi connectivity index (χ1n) is 25.9. The number of aromatic nitrogens is 4. The van der Waals surface area contributed by atoms with Gasteiger partial charge in [-0.3, -0.25) is 20.0 Å². The van der Waals surface area contributed by atoms with Crippen molar-refractivity contribution in [2.24, 2.45) is 0 Å². The predicted molar refractivity (Wildman–Crippen MR) is 302 cm³/mol. The van der Waals surface area contributed by atoms with Crippen molar-refractivity contribution in [3.63, 3.8) is 0 Å². The zero-order valence-corrected chi connectivity index (χ0v) is 47.8. The van der Waals surface area contributed by atoms with Gasteiger partial charge in [0.2, 0.25) is 11.9 Å². The fourth-order valence-corrected chi connectivity index (χ4v) is 12.6. The van der Waals surface area contributed by atoms with Gasteiger partial charge in [-0.2, -0.15) is 9.97 Å². The summed E-state index contributed by atoms with van der Waals surface area (Å²) in [7, 11) is -3.52. The largest absolute Gasteiger partial charge is 0.414 e. The Labute approximate surface area is 444 Å². The Morgan fingerprint density at radius 2 is 1.07 bits per heavy atom. The lowest BCUT2D eigenvalue weighted by atomic mass is 9.93. The van der Waals surface area contributed by atoms with Gasteiger partial charge in [0.25, 0.3) is 0 Å². The number of urea groups is 2. The molecule has 2 fully saturated rings. The lowest BCUT2D eigenvalue weighted by Gasteiger charge is -2.41.